The maximum atomic E-state index is 5.37. The van der Waals surface area contributed by atoms with Gasteiger partial charge in [-0.3, -0.25) is 0 Å². The SMILES string of the molecule is CCCCCCOC(C)[N]C. The third-order valence-corrected chi connectivity index (χ3v) is 1.72. The number of nitrogens with zero attached hydrogens (tertiary/aromatic N) is 1. The minimum atomic E-state index is 0.0802. The standard InChI is InChI=1S/C9H20NO/c1-4-5-6-7-8-11-9(2)10-3/h9H,4-8H2,1-3H3. The molecule has 2 heteroatoms. The maximum Gasteiger partial charge on any atom is 0.120 e. The van der Waals surface area contributed by atoms with Gasteiger partial charge in [-0.25, -0.2) is 5.32 Å². The Bertz CT molecular complexity index is 76.0. The summed E-state index contributed by atoms with van der Waals surface area (Å²) in [6.45, 7) is 5.04. The van der Waals surface area contributed by atoms with Crippen molar-refractivity contribution >= 4 is 0 Å². The first-order valence-corrected chi connectivity index (χ1v) is 4.51. The zero-order chi connectivity index (χ0) is 8.53. The molecule has 0 rings (SSSR count). The summed E-state index contributed by atoms with van der Waals surface area (Å²) in [7, 11) is 1.79. The fraction of sp³-hybridized carbons (Fsp3) is 1.00. The lowest BCUT2D eigenvalue weighted by Gasteiger charge is -2.09. The molecule has 0 aliphatic heterocycles. The molecule has 1 atom stereocenters. The van der Waals surface area contributed by atoms with Gasteiger partial charge in [-0.15, -0.1) is 0 Å². The van der Waals surface area contributed by atoms with E-state index in [-0.39, 0.29) is 6.23 Å². The highest BCUT2D eigenvalue weighted by Gasteiger charge is 1.96. The normalized spacial score (nSPS) is 13.4. The average molecular weight is 158 g/mol. The molecule has 0 fully saturated rings. The van der Waals surface area contributed by atoms with E-state index in [4.69, 9.17) is 4.74 Å². The van der Waals surface area contributed by atoms with Crippen molar-refractivity contribution in [2.45, 2.75) is 45.8 Å². The van der Waals surface area contributed by atoms with Gasteiger partial charge >= 0.3 is 0 Å². The fourth-order valence-corrected chi connectivity index (χ4v) is 0.857. The van der Waals surface area contributed by atoms with Crippen molar-refractivity contribution in [1.82, 2.24) is 5.32 Å². The molecule has 0 saturated heterocycles. The minimum absolute atomic E-state index is 0.0802. The van der Waals surface area contributed by atoms with E-state index in [0.717, 1.165) is 6.61 Å². The Morgan fingerprint density at radius 1 is 1.27 bits per heavy atom. The van der Waals surface area contributed by atoms with Crippen LogP contribution in [0, 0.1) is 0 Å². The van der Waals surface area contributed by atoms with Gasteiger partial charge in [0.2, 0.25) is 0 Å². The quantitative estimate of drug-likeness (QED) is 0.521. The van der Waals surface area contributed by atoms with Gasteiger partial charge in [0, 0.05) is 13.7 Å². The summed E-state index contributed by atoms with van der Waals surface area (Å²) in [5.74, 6) is 0. The number of hydrogen-bond donors (Lipinski definition) is 0. The Balaban J connectivity index is 2.89. The summed E-state index contributed by atoms with van der Waals surface area (Å²) < 4.78 is 5.37. The zero-order valence-electron chi connectivity index (χ0n) is 7.97. The van der Waals surface area contributed by atoms with Crippen LogP contribution in [0.5, 0.6) is 0 Å². The van der Waals surface area contributed by atoms with Crippen LogP contribution in [0.1, 0.15) is 39.5 Å². The first-order valence-electron chi connectivity index (χ1n) is 4.51. The van der Waals surface area contributed by atoms with Gasteiger partial charge in [-0.05, 0) is 13.3 Å². The van der Waals surface area contributed by atoms with Crippen LogP contribution < -0.4 is 5.32 Å². The highest BCUT2D eigenvalue weighted by molar-refractivity contribution is 4.42. The predicted molar refractivity (Wildman–Crippen MR) is 47.6 cm³/mol. The van der Waals surface area contributed by atoms with E-state index in [1.54, 1.807) is 7.05 Å². The van der Waals surface area contributed by atoms with Crippen molar-refractivity contribution in [3.05, 3.63) is 0 Å². The maximum absolute atomic E-state index is 5.37. The molecule has 0 heterocycles. The largest absolute Gasteiger partial charge is 0.362 e. The Kier molecular flexibility index (Phi) is 7.96. The van der Waals surface area contributed by atoms with Crippen LogP contribution in [0.25, 0.3) is 0 Å². The van der Waals surface area contributed by atoms with E-state index in [9.17, 15) is 0 Å². The number of unbranched alkanes of at least 4 members (excludes halogenated alkanes) is 3. The molecule has 1 radical (unpaired) electrons. The lowest BCUT2D eigenvalue weighted by Crippen LogP contribution is -2.18. The molecule has 0 aliphatic carbocycles. The molecule has 67 valence electrons. The summed E-state index contributed by atoms with van der Waals surface area (Å²) >= 11 is 0. The molecular formula is C9H20NO. The Morgan fingerprint density at radius 2 is 2.00 bits per heavy atom. The molecule has 0 N–H and O–H groups in total. The van der Waals surface area contributed by atoms with Crippen molar-refractivity contribution in [3.63, 3.8) is 0 Å². The molecule has 1 unspecified atom stereocenters. The predicted octanol–water partition coefficient (Wildman–Crippen LogP) is 2.16. The number of rotatable bonds is 7. The molecule has 0 saturated carbocycles. The Labute approximate surface area is 70.3 Å². The second-order valence-corrected chi connectivity index (χ2v) is 2.79. The van der Waals surface area contributed by atoms with E-state index >= 15 is 0 Å². The highest BCUT2D eigenvalue weighted by Crippen LogP contribution is 1.99. The van der Waals surface area contributed by atoms with Crippen LogP contribution in [-0.2, 0) is 4.74 Å². The third-order valence-electron chi connectivity index (χ3n) is 1.72. The molecule has 2 nitrogen and oxygen atoms in total. The third kappa shape index (κ3) is 7.82. The molecule has 0 amide bonds. The van der Waals surface area contributed by atoms with Crippen molar-refractivity contribution in [1.29, 1.82) is 0 Å². The van der Waals surface area contributed by atoms with Crippen molar-refractivity contribution in [2.75, 3.05) is 13.7 Å². The first kappa shape index (κ1) is 10.9. The Hall–Kier alpha value is -0.0800. The summed E-state index contributed by atoms with van der Waals surface area (Å²) in [5, 5.41) is 3.98. The first-order chi connectivity index (χ1) is 5.31. The van der Waals surface area contributed by atoms with Crippen LogP contribution in [0.4, 0.5) is 0 Å². The molecule has 0 aromatic carbocycles. The van der Waals surface area contributed by atoms with E-state index in [1.165, 1.54) is 25.7 Å². The van der Waals surface area contributed by atoms with Gasteiger partial charge in [-0.2, -0.15) is 0 Å². The molecule has 11 heavy (non-hydrogen) atoms. The molecule has 0 aromatic rings. The lowest BCUT2D eigenvalue weighted by atomic mass is 10.2. The molecule has 0 bridgehead atoms. The molecular weight excluding hydrogens is 138 g/mol. The average Bonchev–Trinajstić information content (AvgIpc) is 2.04. The van der Waals surface area contributed by atoms with Gasteiger partial charge in [0.05, 0.1) is 0 Å². The topological polar surface area (TPSA) is 23.3 Å². The minimum Gasteiger partial charge on any atom is -0.362 e. The van der Waals surface area contributed by atoms with E-state index in [1.807, 2.05) is 6.92 Å². The van der Waals surface area contributed by atoms with Crippen molar-refractivity contribution < 1.29 is 4.74 Å². The van der Waals surface area contributed by atoms with Gasteiger partial charge < -0.3 is 4.74 Å². The van der Waals surface area contributed by atoms with Crippen LogP contribution in [0.3, 0.4) is 0 Å². The molecule has 0 aromatic heterocycles. The van der Waals surface area contributed by atoms with E-state index < -0.39 is 0 Å². The fourth-order valence-electron chi connectivity index (χ4n) is 0.857. The second-order valence-electron chi connectivity index (χ2n) is 2.79. The van der Waals surface area contributed by atoms with Crippen LogP contribution in [0.15, 0.2) is 0 Å². The van der Waals surface area contributed by atoms with Gasteiger partial charge in [0.15, 0.2) is 0 Å². The van der Waals surface area contributed by atoms with Crippen molar-refractivity contribution in [2.24, 2.45) is 0 Å². The Morgan fingerprint density at radius 3 is 2.55 bits per heavy atom. The molecule has 0 spiro atoms. The summed E-state index contributed by atoms with van der Waals surface area (Å²) in [6.07, 6.45) is 5.15. The lowest BCUT2D eigenvalue weighted by molar-refractivity contribution is 0.0432. The summed E-state index contributed by atoms with van der Waals surface area (Å²) in [5.41, 5.74) is 0. The summed E-state index contributed by atoms with van der Waals surface area (Å²) in [4.78, 5) is 0. The van der Waals surface area contributed by atoms with Gasteiger partial charge in [0.25, 0.3) is 0 Å². The monoisotopic (exact) mass is 158 g/mol. The van der Waals surface area contributed by atoms with Crippen LogP contribution in [0.2, 0.25) is 0 Å². The zero-order valence-corrected chi connectivity index (χ0v) is 7.97. The smallest absolute Gasteiger partial charge is 0.120 e. The summed E-state index contributed by atoms with van der Waals surface area (Å²) in [6, 6.07) is 0. The van der Waals surface area contributed by atoms with Gasteiger partial charge in [-0.1, -0.05) is 26.2 Å². The van der Waals surface area contributed by atoms with E-state index in [0.29, 0.717) is 0 Å². The number of ether oxygens (including phenoxy) is 1. The number of hydrogen-bond acceptors (Lipinski definition) is 1. The second kappa shape index (κ2) is 8.02. The highest BCUT2D eigenvalue weighted by atomic mass is 16.5. The van der Waals surface area contributed by atoms with Crippen LogP contribution >= 0.6 is 0 Å². The van der Waals surface area contributed by atoms with Crippen LogP contribution in [-0.4, -0.2) is 19.9 Å². The van der Waals surface area contributed by atoms with Gasteiger partial charge in [0.1, 0.15) is 6.23 Å². The van der Waals surface area contributed by atoms with Crippen molar-refractivity contribution in [3.8, 4) is 0 Å². The molecule has 0 aliphatic rings. The van der Waals surface area contributed by atoms with E-state index in [2.05, 4.69) is 12.2 Å².